The van der Waals surface area contributed by atoms with Crippen molar-refractivity contribution in [1.82, 2.24) is 10.2 Å². The Kier molecular flexibility index (Phi) is 9.78. The van der Waals surface area contributed by atoms with E-state index in [9.17, 15) is 18.0 Å². The van der Waals surface area contributed by atoms with Gasteiger partial charge in [0.15, 0.2) is 11.5 Å². The zero-order valence-corrected chi connectivity index (χ0v) is 23.2. The summed E-state index contributed by atoms with van der Waals surface area (Å²) in [5.74, 6) is -0.458. The Bertz CT molecular complexity index is 1180. The molecular formula is C28H36F3N3O6. The summed E-state index contributed by atoms with van der Waals surface area (Å²) in [7, 11) is 8.98. The van der Waals surface area contributed by atoms with Gasteiger partial charge in [0.05, 0.1) is 21.3 Å². The molecule has 2 N–H and O–H groups in total. The average molecular weight is 568 g/mol. The van der Waals surface area contributed by atoms with Crippen molar-refractivity contribution in [3.05, 3.63) is 48.0 Å². The maximum Gasteiger partial charge on any atom is 0.490 e. The number of nitrogens with one attached hydrogen (secondary N) is 1. The first kappa shape index (κ1) is 30.9. The lowest BCUT2D eigenvalue weighted by atomic mass is 9.65. The van der Waals surface area contributed by atoms with Crippen LogP contribution < -0.4 is 24.4 Å². The van der Waals surface area contributed by atoms with Gasteiger partial charge in [0.2, 0.25) is 0 Å². The third-order valence-electron chi connectivity index (χ3n) is 7.82. The first-order valence-corrected chi connectivity index (χ1v) is 12.8. The lowest BCUT2D eigenvalue weighted by Gasteiger charge is -2.45. The average Bonchev–Trinajstić information content (AvgIpc) is 3.28. The van der Waals surface area contributed by atoms with Crippen LogP contribution in [0.5, 0.6) is 17.2 Å². The minimum atomic E-state index is -5.08. The number of hydrogen-bond donors (Lipinski definition) is 2. The number of carboxylic acids is 1. The summed E-state index contributed by atoms with van der Waals surface area (Å²) in [4.78, 5) is 26.0. The van der Waals surface area contributed by atoms with Crippen LogP contribution in [0.15, 0.2) is 42.5 Å². The van der Waals surface area contributed by atoms with E-state index in [0.29, 0.717) is 6.04 Å². The first-order chi connectivity index (χ1) is 18.9. The van der Waals surface area contributed by atoms with Crippen molar-refractivity contribution in [3.8, 4) is 17.2 Å². The Balaban J connectivity index is 0.000000559. The number of amides is 2. The monoisotopic (exact) mass is 567 g/mol. The van der Waals surface area contributed by atoms with E-state index in [-0.39, 0.29) is 17.5 Å². The van der Waals surface area contributed by atoms with Gasteiger partial charge in [-0.15, -0.1) is 0 Å². The van der Waals surface area contributed by atoms with Gasteiger partial charge in [-0.3, -0.25) is 4.90 Å². The largest absolute Gasteiger partial charge is 0.497 e. The second kappa shape index (κ2) is 12.7. The fraction of sp³-hybridized carbons (Fsp3) is 0.500. The Morgan fingerprint density at radius 2 is 1.65 bits per heavy atom. The molecule has 2 aromatic rings. The molecule has 2 aliphatic rings. The van der Waals surface area contributed by atoms with Gasteiger partial charge in [-0.05, 0) is 81.2 Å². The number of carboxylic acid groups (broad SMARTS) is 1. The summed E-state index contributed by atoms with van der Waals surface area (Å²) in [5.41, 5.74) is 2.20. The molecule has 0 unspecified atom stereocenters. The fourth-order valence-electron chi connectivity index (χ4n) is 5.59. The van der Waals surface area contributed by atoms with Crippen molar-refractivity contribution in [2.24, 2.45) is 0 Å². The third-order valence-corrected chi connectivity index (χ3v) is 7.82. The summed E-state index contributed by atoms with van der Waals surface area (Å²) < 4.78 is 48.0. The van der Waals surface area contributed by atoms with Crippen LogP contribution in [0.3, 0.4) is 0 Å². The van der Waals surface area contributed by atoms with E-state index >= 15 is 0 Å². The number of halogens is 3. The number of benzene rings is 2. The topological polar surface area (TPSA) is 101 Å². The molecule has 12 heteroatoms. The molecule has 1 heterocycles. The van der Waals surface area contributed by atoms with Crippen LogP contribution in [-0.2, 0) is 10.2 Å². The Morgan fingerprint density at radius 1 is 1.02 bits per heavy atom. The van der Waals surface area contributed by atoms with Gasteiger partial charge in [-0.25, -0.2) is 9.59 Å². The molecule has 0 spiro atoms. The molecule has 3 atom stereocenters. The smallest absolute Gasteiger partial charge is 0.490 e. The third kappa shape index (κ3) is 6.72. The number of fused-ring (bicyclic) bond motifs is 1. The number of carbonyl (C=O) groups excluding carboxylic acids is 1. The van der Waals surface area contributed by atoms with Gasteiger partial charge in [-0.1, -0.05) is 6.07 Å². The van der Waals surface area contributed by atoms with Gasteiger partial charge in [-0.2, -0.15) is 13.2 Å². The second-order valence-corrected chi connectivity index (χ2v) is 9.95. The second-order valence-electron chi connectivity index (χ2n) is 9.95. The Morgan fingerprint density at radius 3 is 2.20 bits per heavy atom. The lowest BCUT2D eigenvalue weighted by molar-refractivity contribution is -0.192. The highest BCUT2D eigenvalue weighted by atomic mass is 19.4. The molecule has 0 aromatic heterocycles. The van der Waals surface area contributed by atoms with E-state index in [4.69, 9.17) is 24.1 Å². The maximum absolute atomic E-state index is 13.0. The van der Waals surface area contributed by atoms with Crippen LogP contribution in [0.4, 0.5) is 23.7 Å². The van der Waals surface area contributed by atoms with Crippen LogP contribution in [0.2, 0.25) is 0 Å². The van der Waals surface area contributed by atoms with E-state index in [0.717, 1.165) is 55.2 Å². The molecule has 220 valence electrons. The predicted molar refractivity (Wildman–Crippen MR) is 144 cm³/mol. The van der Waals surface area contributed by atoms with Gasteiger partial charge in [0, 0.05) is 30.2 Å². The molecule has 2 fully saturated rings. The molecule has 2 aromatic carbocycles. The minimum Gasteiger partial charge on any atom is -0.497 e. The van der Waals surface area contributed by atoms with Crippen LogP contribution in [0.1, 0.15) is 31.2 Å². The number of aliphatic carboxylic acids is 1. The summed E-state index contributed by atoms with van der Waals surface area (Å²) in [6.45, 7) is 1.05. The predicted octanol–water partition coefficient (Wildman–Crippen LogP) is 4.69. The zero-order chi connectivity index (χ0) is 29.7. The van der Waals surface area contributed by atoms with Crippen LogP contribution in [0.25, 0.3) is 0 Å². The highest BCUT2D eigenvalue weighted by molar-refractivity contribution is 5.91. The molecular weight excluding hydrogens is 531 g/mol. The molecule has 0 radical (unpaired) electrons. The number of nitrogens with zero attached hydrogens (tertiary/aromatic N) is 2. The van der Waals surface area contributed by atoms with E-state index in [1.807, 2.05) is 30.3 Å². The SMILES string of the molecule is COc1ccc(N(C)C(=O)N[C@@H]2CC[C@@]3(c4ccc(OC)c(OC)c4)CCN(C)[C@H]3C2)cc1.O=C(O)C(F)(F)F. The number of hydrogen-bond acceptors (Lipinski definition) is 6. The maximum atomic E-state index is 13.0. The summed E-state index contributed by atoms with van der Waals surface area (Å²) in [6.07, 6.45) is -1.08. The molecule has 40 heavy (non-hydrogen) atoms. The van der Waals surface area contributed by atoms with Gasteiger partial charge in [0.1, 0.15) is 5.75 Å². The summed E-state index contributed by atoms with van der Waals surface area (Å²) >= 11 is 0. The number of alkyl halides is 3. The van der Waals surface area contributed by atoms with Crippen molar-refractivity contribution in [3.63, 3.8) is 0 Å². The molecule has 1 saturated heterocycles. The highest BCUT2D eigenvalue weighted by Crippen LogP contribution is 2.49. The van der Waals surface area contributed by atoms with E-state index in [1.54, 1.807) is 33.3 Å². The quantitative estimate of drug-likeness (QED) is 0.523. The normalized spacial score (nSPS) is 22.3. The molecule has 4 rings (SSSR count). The number of methoxy groups -OCH3 is 3. The number of likely N-dealkylation sites (tertiary alicyclic amines) is 1. The molecule has 1 aliphatic heterocycles. The van der Waals surface area contributed by atoms with Gasteiger partial charge >= 0.3 is 18.2 Å². The van der Waals surface area contributed by atoms with Crippen molar-refractivity contribution < 1.29 is 42.1 Å². The lowest BCUT2D eigenvalue weighted by Crippen LogP contribution is -2.53. The molecule has 1 saturated carbocycles. The van der Waals surface area contributed by atoms with E-state index < -0.39 is 12.1 Å². The van der Waals surface area contributed by atoms with Gasteiger partial charge in [0.25, 0.3) is 0 Å². The minimum absolute atomic E-state index is 0.0669. The number of rotatable bonds is 6. The van der Waals surface area contributed by atoms with Crippen LogP contribution >= 0.6 is 0 Å². The number of urea groups is 1. The standard InChI is InChI=1S/C26H35N3O4.C2HF3O2/c1-28-15-14-26(18-6-11-22(32-4)23(16-18)33-5)13-12-19(17-24(26)28)27-25(30)29(2)20-7-9-21(31-3)10-8-20;3-2(4,5)1(6)7/h6-11,16,19,24H,12-15,17H2,1-5H3,(H,27,30);(H,6,7)/t19-,24+,26+;/m1./s1. The molecule has 9 nitrogen and oxygen atoms in total. The summed E-state index contributed by atoms with van der Waals surface area (Å²) in [6, 6.07) is 14.3. The van der Waals surface area contributed by atoms with Crippen molar-refractivity contribution in [2.45, 2.75) is 49.4 Å². The zero-order valence-electron chi connectivity index (χ0n) is 23.2. The van der Waals surface area contributed by atoms with Crippen LogP contribution in [-0.4, -0.2) is 82.2 Å². The molecule has 0 bridgehead atoms. The molecule has 2 amide bonds. The van der Waals surface area contributed by atoms with Crippen LogP contribution in [0, 0.1) is 0 Å². The first-order valence-electron chi connectivity index (χ1n) is 12.8. The Hall–Kier alpha value is -3.67. The fourth-order valence-corrected chi connectivity index (χ4v) is 5.59. The van der Waals surface area contributed by atoms with Crippen molar-refractivity contribution in [2.75, 3.05) is 46.9 Å². The van der Waals surface area contributed by atoms with Gasteiger partial charge < -0.3 is 29.5 Å². The van der Waals surface area contributed by atoms with Crippen molar-refractivity contribution in [1.29, 1.82) is 0 Å². The number of anilines is 1. The Labute approximate surface area is 231 Å². The molecule has 1 aliphatic carbocycles. The van der Waals surface area contributed by atoms with E-state index in [1.165, 1.54) is 5.56 Å². The number of ether oxygens (including phenoxy) is 3. The summed E-state index contributed by atoms with van der Waals surface area (Å²) in [5, 5.41) is 10.4. The number of carbonyl (C=O) groups is 2. The van der Waals surface area contributed by atoms with E-state index in [2.05, 4.69) is 29.4 Å². The number of likely N-dealkylation sites (N-methyl/N-ethyl adjacent to an activating group) is 1. The highest BCUT2D eigenvalue weighted by Gasteiger charge is 2.50. The van der Waals surface area contributed by atoms with Crippen molar-refractivity contribution >= 4 is 17.7 Å².